The molecule has 0 fully saturated rings. The van der Waals surface area contributed by atoms with Crippen molar-refractivity contribution in [1.82, 2.24) is 15.1 Å². The zero-order valence-electron chi connectivity index (χ0n) is 9.22. The van der Waals surface area contributed by atoms with Gasteiger partial charge in [0.05, 0.1) is 6.10 Å². The lowest BCUT2D eigenvalue weighted by Gasteiger charge is -2.17. The van der Waals surface area contributed by atoms with Crippen molar-refractivity contribution in [1.29, 1.82) is 0 Å². The van der Waals surface area contributed by atoms with Crippen molar-refractivity contribution in [3.05, 3.63) is 23.0 Å². The zero-order chi connectivity index (χ0) is 12.1. The molecule has 0 aliphatic carbocycles. The number of carbonyl (C=O) groups excluding carboxylic acids is 1. The van der Waals surface area contributed by atoms with Crippen molar-refractivity contribution in [2.24, 2.45) is 0 Å². The van der Waals surface area contributed by atoms with Gasteiger partial charge in [-0.3, -0.25) is 4.79 Å². The fourth-order valence-electron chi connectivity index (χ4n) is 1.11. The third kappa shape index (κ3) is 3.75. The number of halogens is 1. The molecule has 1 unspecified atom stereocenters. The van der Waals surface area contributed by atoms with E-state index < -0.39 is 6.10 Å². The summed E-state index contributed by atoms with van der Waals surface area (Å²) in [6.07, 6.45) is 0.107. The van der Waals surface area contributed by atoms with Gasteiger partial charge >= 0.3 is 0 Å². The average Bonchev–Trinajstić information content (AvgIpc) is 2.26. The van der Waals surface area contributed by atoms with E-state index in [1.165, 1.54) is 17.0 Å². The monoisotopic (exact) mass is 243 g/mol. The number of hydrogen-bond donors (Lipinski definition) is 1. The number of amides is 1. The molecule has 0 aliphatic rings. The lowest BCUT2D eigenvalue weighted by Crippen LogP contribution is -2.30. The fourth-order valence-corrected chi connectivity index (χ4v) is 1.21. The first kappa shape index (κ1) is 12.9. The van der Waals surface area contributed by atoms with Gasteiger partial charge in [0, 0.05) is 13.6 Å². The quantitative estimate of drug-likeness (QED) is 0.856. The summed E-state index contributed by atoms with van der Waals surface area (Å²) in [5, 5.41) is 16.6. The van der Waals surface area contributed by atoms with E-state index in [-0.39, 0.29) is 16.8 Å². The van der Waals surface area contributed by atoms with E-state index >= 15 is 0 Å². The van der Waals surface area contributed by atoms with Gasteiger partial charge in [0.15, 0.2) is 10.8 Å². The van der Waals surface area contributed by atoms with Crippen LogP contribution in [0, 0.1) is 0 Å². The highest BCUT2D eigenvalue weighted by atomic mass is 35.5. The van der Waals surface area contributed by atoms with Crippen LogP contribution >= 0.6 is 11.6 Å². The van der Waals surface area contributed by atoms with Gasteiger partial charge in [-0.25, -0.2) is 0 Å². The van der Waals surface area contributed by atoms with Gasteiger partial charge < -0.3 is 10.0 Å². The second-order valence-electron chi connectivity index (χ2n) is 3.61. The molecule has 6 heteroatoms. The van der Waals surface area contributed by atoms with Crippen molar-refractivity contribution in [3.63, 3.8) is 0 Å². The van der Waals surface area contributed by atoms with Crippen molar-refractivity contribution < 1.29 is 9.90 Å². The maximum atomic E-state index is 11.8. The molecule has 1 aromatic heterocycles. The summed E-state index contributed by atoms with van der Waals surface area (Å²) >= 11 is 5.57. The lowest BCUT2D eigenvalue weighted by molar-refractivity contribution is 0.0762. The lowest BCUT2D eigenvalue weighted by atomic mass is 10.2. The van der Waals surface area contributed by atoms with Gasteiger partial charge in [-0.1, -0.05) is 11.6 Å². The van der Waals surface area contributed by atoms with Crippen LogP contribution in [0.2, 0.25) is 5.15 Å². The largest absolute Gasteiger partial charge is 0.393 e. The number of hydrogen-bond acceptors (Lipinski definition) is 4. The Balaban J connectivity index is 2.60. The van der Waals surface area contributed by atoms with Crippen LogP contribution in [-0.4, -0.2) is 45.8 Å². The molecule has 0 saturated heterocycles. The minimum Gasteiger partial charge on any atom is -0.393 e. The Morgan fingerprint density at radius 1 is 1.56 bits per heavy atom. The molecule has 0 aliphatic heterocycles. The second-order valence-corrected chi connectivity index (χ2v) is 3.99. The van der Waals surface area contributed by atoms with Gasteiger partial charge in [0.25, 0.3) is 5.91 Å². The molecule has 1 rings (SSSR count). The molecular formula is C10H14ClN3O2. The van der Waals surface area contributed by atoms with Crippen molar-refractivity contribution >= 4 is 17.5 Å². The summed E-state index contributed by atoms with van der Waals surface area (Å²) in [7, 11) is 1.65. The second kappa shape index (κ2) is 5.77. The van der Waals surface area contributed by atoms with E-state index in [0.717, 1.165) is 0 Å². The van der Waals surface area contributed by atoms with E-state index in [9.17, 15) is 4.79 Å². The van der Waals surface area contributed by atoms with E-state index in [0.29, 0.717) is 13.0 Å². The first-order valence-corrected chi connectivity index (χ1v) is 5.31. The number of rotatable bonds is 4. The SMILES string of the molecule is CC(O)CCN(C)C(=O)c1ccc(Cl)nn1. The molecule has 1 heterocycles. The molecule has 0 saturated carbocycles. The Morgan fingerprint density at radius 3 is 2.75 bits per heavy atom. The molecule has 1 atom stereocenters. The first-order chi connectivity index (χ1) is 7.50. The summed E-state index contributed by atoms with van der Waals surface area (Å²) in [6, 6.07) is 3.04. The Labute approximate surface area is 99.0 Å². The first-order valence-electron chi connectivity index (χ1n) is 4.93. The summed E-state index contributed by atoms with van der Waals surface area (Å²) in [6.45, 7) is 2.15. The minimum atomic E-state index is -0.424. The van der Waals surface area contributed by atoms with Crippen LogP contribution in [0.1, 0.15) is 23.8 Å². The summed E-state index contributed by atoms with van der Waals surface area (Å²) < 4.78 is 0. The predicted molar refractivity (Wildman–Crippen MR) is 60.3 cm³/mol. The van der Waals surface area contributed by atoms with Crippen LogP contribution < -0.4 is 0 Å². The van der Waals surface area contributed by atoms with Crippen LogP contribution in [0.15, 0.2) is 12.1 Å². The fraction of sp³-hybridized carbons (Fsp3) is 0.500. The Hall–Kier alpha value is -1.20. The minimum absolute atomic E-state index is 0.232. The number of carbonyl (C=O) groups is 1. The predicted octanol–water partition coefficient (Wildman–Crippen LogP) is 0.973. The number of aromatic nitrogens is 2. The van der Waals surface area contributed by atoms with Crippen molar-refractivity contribution in [3.8, 4) is 0 Å². The molecule has 0 radical (unpaired) electrons. The van der Waals surface area contributed by atoms with Gasteiger partial charge in [-0.2, -0.15) is 0 Å². The molecule has 0 spiro atoms. The van der Waals surface area contributed by atoms with Gasteiger partial charge in [0.1, 0.15) is 0 Å². The van der Waals surface area contributed by atoms with E-state index in [2.05, 4.69) is 10.2 Å². The van der Waals surface area contributed by atoms with E-state index in [1.807, 2.05) is 0 Å². The normalized spacial score (nSPS) is 12.2. The van der Waals surface area contributed by atoms with Crippen molar-refractivity contribution in [2.75, 3.05) is 13.6 Å². The molecule has 1 N–H and O–H groups in total. The Kier molecular flexibility index (Phi) is 4.64. The van der Waals surface area contributed by atoms with Crippen molar-refractivity contribution in [2.45, 2.75) is 19.4 Å². The Morgan fingerprint density at radius 2 is 2.25 bits per heavy atom. The van der Waals surface area contributed by atoms with Gasteiger partial charge in [-0.05, 0) is 25.5 Å². The standard InChI is InChI=1S/C10H14ClN3O2/c1-7(15)5-6-14(2)10(16)8-3-4-9(11)13-12-8/h3-4,7,15H,5-6H2,1-2H3. The van der Waals surface area contributed by atoms with Gasteiger partial charge in [0.2, 0.25) is 0 Å². The average molecular weight is 244 g/mol. The van der Waals surface area contributed by atoms with Gasteiger partial charge in [-0.15, -0.1) is 10.2 Å². The molecule has 1 amide bonds. The molecule has 0 aromatic carbocycles. The number of aliphatic hydroxyl groups excluding tert-OH is 1. The van der Waals surface area contributed by atoms with E-state index in [4.69, 9.17) is 16.7 Å². The zero-order valence-corrected chi connectivity index (χ0v) is 9.98. The molecule has 16 heavy (non-hydrogen) atoms. The number of aliphatic hydroxyl groups is 1. The molecule has 1 aromatic rings. The topological polar surface area (TPSA) is 66.3 Å². The summed E-state index contributed by atoms with van der Waals surface area (Å²) in [5.74, 6) is -0.232. The van der Waals surface area contributed by atoms with E-state index in [1.54, 1.807) is 14.0 Å². The highest BCUT2D eigenvalue weighted by Gasteiger charge is 2.13. The highest BCUT2D eigenvalue weighted by Crippen LogP contribution is 2.05. The maximum Gasteiger partial charge on any atom is 0.274 e. The molecule has 0 bridgehead atoms. The van der Waals surface area contributed by atoms with Crippen LogP contribution in [-0.2, 0) is 0 Å². The summed E-state index contributed by atoms with van der Waals surface area (Å²) in [4.78, 5) is 13.3. The molecular weight excluding hydrogens is 230 g/mol. The molecule has 88 valence electrons. The number of nitrogens with zero attached hydrogens (tertiary/aromatic N) is 3. The third-order valence-corrected chi connectivity index (χ3v) is 2.28. The van der Waals surface area contributed by atoms with Crippen LogP contribution in [0.5, 0.6) is 0 Å². The highest BCUT2D eigenvalue weighted by molar-refractivity contribution is 6.29. The molecule has 5 nitrogen and oxygen atoms in total. The van der Waals surface area contributed by atoms with Crippen LogP contribution in [0.25, 0.3) is 0 Å². The smallest absolute Gasteiger partial charge is 0.274 e. The third-order valence-electron chi connectivity index (χ3n) is 2.08. The maximum absolute atomic E-state index is 11.8. The Bertz CT molecular complexity index is 354. The van der Waals surface area contributed by atoms with Crippen LogP contribution in [0.4, 0.5) is 0 Å². The summed E-state index contributed by atoms with van der Waals surface area (Å²) in [5.41, 5.74) is 0.248. The van der Waals surface area contributed by atoms with Crippen LogP contribution in [0.3, 0.4) is 0 Å².